The van der Waals surface area contributed by atoms with Gasteiger partial charge in [-0.15, -0.1) is 0 Å². The van der Waals surface area contributed by atoms with Crippen LogP contribution in [0.1, 0.15) is 21.5 Å². The lowest BCUT2D eigenvalue weighted by Gasteiger charge is -2.10. The number of rotatable bonds is 4. The highest BCUT2D eigenvalue weighted by Crippen LogP contribution is 2.25. The normalized spacial score (nSPS) is 10.1. The van der Waals surface area contributed by atoms with Crippen LogP contribution in [0.5, 0.6) is 11.6 Å². The van der Waals surface area contributed by atoms with E-state index in [-0.39, 0.29) is 5.78 Å². The van der Waals surface area contributed by atoms with Gasteiger partial charge >= 0.3 is 0 Å². The molecule has 2 aromatic rings. The molecule has 0 aliphatic heterocycles. The summed E-state index contributed by atoms with van der Waals surface area (Å²) in [5.74, 6) is 0.697. The predicted octanol–water partition coefficient (Wildman–Crippen LogP) is 2.64. The topological polar surface area (TPSA) is 48.4 Å². The first kappa shape index (κ1) is 13.1. The lowest BCUT2D eigenvalue weighted by Crippen LogP contribution is -2.07. The molecule has 0 aliphatic rings. The quantitative estimate of drug-likeness (QED) is 0.790. The second-order valence-corrected chi connectivity index (χ2v) is 4.09. The molecule has 1 aromatic carbocycles. The number of ketones is 1. The largest absolute Gasteiger partial charge is 0.496 e. The Hall–Kier alpha value is -2.36. The van der Waals surface area contributed by atoms with Crippen molar-refractivity contribution in [2.75, 3.05) is 14.2 Å². The van der Waals surface area contributed by atoms with Gasteiger partial charge in [0.25, 0.3) is 0 Å². The molecule has 0 radical (unpaired) electrons. The summed E-state index contributed by atoms with van der Waals surface area (Å²) in [6.07, 6.45) is 1.59. The Balaban J connectivity index is 2.52. The molecular formula is C15H15NO3. The molecule has 0 spiro atoms. The Labute approximate surface area is 112 Å². The molecule has 0 bridgehead atoms. The summed E-state index contributed by atoms with van der Waals surface area (Å²) in [7, 11) is 3.04. The summed E-state index contributed by atoms with van der Waals surface area (Å²) in [5.41, 5.74) is 1.93. The third-order valence-electron chi connectivity index (χ3n) is 2.81. The number of pyridine rings is 1. The van der Waals surface area contributed by atoms with Crippen molar-refractivity contribution in [2.24, 2.45) is 0 Å². The number of methoxy groups -OCH3 is 2. The van der Waals surface area contributed by atoms with E-state index >= 15 is 0 Å². The van der Waals surface area contributed by atoms with Gasteiger partial charge in [0.15, 0.2) is 0 Å². The molecule has 0 saturated carbocycles. The molecule has 1 heterocycles. The molecule has 0 amide bonds. The van der Waals surface area contributed by atoms with Gasteiger partial charge in [0.1, 0.15) is 5.75 Å². The number of nitrogens with zero attached hydrogens (tertiary/aromatic N) is 1. The van der Waals surface area contributed by atoms with E-state index in [1.165, 1.54) is 7.11 Å². The minimum atomic E-state index is -0.162. The zero-order valence-electron chi connectivity index (χ0n) is 11.1. The van der Waals surface area contributed by atoms with Crippen LogP contribution in [0.2, 0.25) is 0 Å². The van der Waals surface area contributed by atoms with Gasteiger partial charge in [0, 0.05) is 6.20 Å². The maximum absolute atomic E-state index is 12.6. The van der Waals surface area contributed by atoms with Gasteiger partial charge in [-0.3, -0.25) is 4.79 Å². The van der Waals surface area contributed by atoms with Crippen LogP contribution in [0, 0.1) is 6.92 Å². The highest BCUT2D eigenvalue weighted by molar-refractivity contribution is 6.12. The number of ether oxygens (including phenoxy) is 2. The van der Waals surface area contributed by atoms with Crippen LogP contribution in [0.15, 0.2) is 36.5 Å². The van der Waals surface area contributed by atoms with Crippen LogP contribution in [0.25, 0.3) is 0 Å². The molecule has 4 heteroatoms. The van der Waals surface area contributed by atoms with Crippen molar-refractivity contribution in [3.05, 3.63) is 53.2 Å². The van der Waals surface area contributed by atoms with Crippen LogP contribution in [0.4, 0.5) is 0 Å². The molecule has 0 fully saturated rings. The van der Waals surface area contributed by atoms with Crippen LogP contribution in [-0.4, -0.2) is 25.0 Å². The van der Waals surface area contributed by atoms with E-state index in [0.717, 1.165) is 5.56 Å². The first-order valence-electron chi connectivity index (χ1n) is 5.85. The van der Waals surface area contributed by atoms with Crippen molar-refractivity contribution in [1.29, 1.82) is 0 Å². The summed E-state index contributed by atoms with van der Waals surface area (Å²) in [5, 5.41) is 0. The molecular weight excluding hydrogens is 242 g/mol. The molecule has 98 valence electrons. The third-order valence-corrected chi connectivity index (χ3v) is 2.81. The first-order chi connectivity index (χ1) is 9.17. The highest BCUT2D eigenvalue weighted by atomic mass is 16.5. The Bertz CT molecular complexity index is 608. The van der Waals surface area contributed by atoms with Gasteiger partial charge in [0.2, 0.25) is 11.7 Å². The average Bonchev–Trinajstić information content (AvgIpc) is 2.46. The monoisotopic (exact) mass is 257 g/mol. The van der Waals surface area contributed by atoms with Crippen LogP contribution in [0.3, 0.4) is 0 Å². The van der Waals surface area contributed by atoms with Crippen molar-refractivity contribution in [1.82, 2.24) is 4.98 Å². The summed E-state index contributed by atoms with van der Waals surface area (Å²) >= 11 is 0. The number of benzene rings is 1. The molecule has 4 nitrogen and oxygen atoms in total. The van der Waals surface area contributed by atoms with Crippen molar-refractivity contribution < 1.29 is 14.3 Å². The van der Waals surface area contributed by atoms with Crippen LogP contribution < -0.4 is 9.47 Å². The summed E-state index contributed by atoms with van der Waals surface area (Å²) in [6, 6.07) is 8.88. The fraction of sp³-hybridized carbons (Fsp3) is 0.200. The number of hydrogen-bond donors (Lipinski definition) is 0. The van der Waals surface area contributed by atoms with Crippen molar-refractivity contribution >= 4 is 5.78 Å². The summed E-state index contributed by atoms with van der Waals surface area (Å²) in [4.78, 5) is 16.6. The predicted molar refractivity (Wildman–Crippen MR) is 72.0 cm³/mol. The second kappa shape index (κ2) is 5.52. The van der Waals surface area contributed by atoms with Gasteiger partial charge in [-0.25, -0.2) is 4.98 Å². The summed E-state index contributed by atoms with van der Waals surface area (Å²) in [6.45, 7) is 1.93. The lowest BCUT2D eigenvalue weighted by molar-refractivity contribution is 0.103. The van der Waals surface area contributed by atoms with Gasteiger partial charge < -0.3 is 9.47 Å². The van der Waals surface area contributed by atoms with E-state index in [1.807, 2.05) is 13.0 Å². The van der Waals surface area contributed by atoms with Crippen molar-refractivity contribution in [2.45, 2.75) is 6.92 Å². The van der Waals surface area contributed by atoms with Gasteiger partial charge in [-0.05, 0) is 31.2 Å². The third kappa shape index (κ3) is 2.57. The van der Waals surface area contributed by atoms with Gasteiger partial charge in [0.05, 0.1) is 25.3 Å². The zero-order valence-corrected chi connectivity index (χ0v) is 11.1. The second-order valence-electron chi connectivity index (χ2n) is 4.09. The molecule has 19 heavy (non-hydrogen) atoms. The fourth-order valence-electron chi connectivity index (χ4n) is 1.87. The maximum atomic E-state index is 12.6. The summed E-state index contributed by atoms with van der Waals surface area (Å²) < 4.78 is 10.4. The zero-order chi connectivity index (χ0) is 13.8. The standard InChI is InChI=1S/C15H15NO3/c1-10-6-7-13(18-2)12(9-10)14(17)11-5-4-8-16-15(11)19-3/h4-9H,1-3H3. The Morgan fingerprint density at radius 2 is 1.89 bits per heavy atom. The molecule has 0 atom stereocenters. The van der Waals surface area contributed by atoms with Gasteiger partial charge in [-0.1, -0.05) is 11.6 Å². The molecule has 2 rings (SSSR count). The smallest absolute Gasteiger partial charge is 0.224 e. The number of aromatic nitrogens is 1. The molecule has 0 aliphatic carbocycles. The van der Waals surface area contributed by atoms with Crippen LogP contribution in [-0.2, 0) is 0 Å². The number of carbonyl (C=O) groups is 1. The SMILES string of the molecule is COc1ccc(C)cc1C(=O)c1cccnc1OC. The average molecular weight is 257 g/mol. The Kier molecular flexibility index (Phi) is 3.80. The van der Waals surface area contributed by atoms with Crippen LogP contribution >= 0.6 is 0 Å². The molecule has 0 unspecified atom stereocenters. The van der Waals surface area contributed by atoms with Crippen molar-refractivity contribution in [3.63, 3.8) is 0 Å². The lowest BCUT2D eigenvalue weighted by atomic mass is 10.0. The molecule has 0 saturated heterocycles. The highest BCUT2D eigenvalue weighted by Gasteiger charge is 2.18. The Morgan fingerprint density at radius 3 is 2.58 bits per heavy atom. The molecule has 1 aromatic heterocycles. The fourth-order valence-corrected chi connectivity index (χ4v) is 1.87. The molecule has 0 N–H and O–H groups in total. The first-order valence-corrected chi connectivity index (χ1v) is 5.85. The number of hydrogen-bond acceptors (Lipinski definition) is 4. The number of aryl methyl sites for hydroxylation is 1. The minimum absolute atomic E-state index is 0.162. The van der Waals surface area contributed by atoms with E-state index in [1.54, 1.807) is 37.6 Å². The van der Waals surface area contributed by atoms with Crippen molar-refractivity contribution in [3.8, 4) is 11.6 Å². The number of carbonyl (C=O) groups excluding carboxylic acids is 1. The minimum Gasteiger partial charge on any atom is -0.496 e. The van der Waals surface area contributed by atoms with E-state index in [4.69, 9.17) is 9.47 Å². The Morgan fingerprint density at radius 1 is 1.11 bits per heavy atom. The van der Waals surface area contributed by atoms with E-state index in [0.29, 0.717) is 22.8 Å². The van der Waals surface area contributed by atoms with E-state index in [2.05, 4.69) is 4.98 Å². The van der Waals surface area contributed by atoms with E-state index < -0.39 is 0 Å². The van der Waals surface area contributed by atoms with Gasteiger partial charge in [-0.2, -0.15) is 0 Å². The maximum Gasteiger partial charge on any atom is 0.224 e. The van der Waals surface area contributed by atoms with E-state index in [9.17, 15) is 4.79 Å².